The van der Waals surface area contributed by atoms with Crippen molar-refractivity contribution in [2.45, 2.75) is 13.8 Å². The van der Waals surface area contributed by atoms with Crippen molar-refractivity contribution in [3.05, 3.63) is 41.5 Å². The van der Waals surface area contributed by atoms with Crippen LogP contribution in [0, 0.1) is 13.8 Å². The molecule has 2 aromatic carbocycles. The Kier molecular flexibility index (Phi) is 2.64. The molecule has 21 heavy (non-hydrogen) atoms. The molecule has 3 aromatic rings. The van der Waals surface area contributed by atoms with Crippen molar-refractivity contribution >= 4 is 11.0 Å². The Morgan fingerprint density at radius 3 is 2.86 bits per heavy atom. The van der Waals surface area contributed by atoms with E-state index < -0.39 is 0 Å². The SMILES string of the molecule is Cc1cc(C)c2nc(-c3cccc4c3OCCO4)[nH]c2c1. The smallest absolute Gasteiger partial charge is 0.172 e. The monoisotopic (exact) mass is 280 g/mol. The molecule has 0 aliphatic carbocycles. The molecular weight excluding hydrogens is 264 g/mol. The lowest BCUT2D eigenvalue weighted by atomic mass is 10.1. The summed E-state index contributed by atoms with van der Waals surface area (Å²) >= 11 is 0. The number of nitrogens with zero attached hydrogens (tertiary/aromatic N) is 1. The van der Waals surface area contributed by atoms with Gasteiger partial charge in [0.25, 0.3) is 0 Å². The number of para-hydroxylation sites is 1. The number of rotatable bonds is 1. The molecule has 0 spiro atoms. The number of imidazole rings is 1. The third-order valence-electron chi connectivity index (χ3n) is 3.74. The Balaban J connectivity index is 1.93. The molecule has 2 heterocycles. The highest BCUT2D eigenvalue weighted by Gasteiger charge is 2.19. The maximum Gasteiger partial charge on any atom is 0.172 e. The predicted molar refractivity (Wildman–Crippen MR) is 82.0 cm³/mol. The van der Waals surface area contributed by atoms with Crippen LogP contribution in [0.3, 0.4) is 0 Å². The highest BCUT2D eigenvalue weighted by atomic mass is 16.6. The van der Waals surface area contributed by atoms with E-state index in [4.69, 9.17) is 14.5 Å². The van der Waals surface area contributed by atoms with Gasteiger partial charge in [0.2, 0.25) is 0 Å². The Hall–Kier alpha value is -2.49. The fraction of sp³-hybridized carbons (Fsp3) is 0.235. The second-order valence-corrected chi connectivity index (χ2v) is 5.39. The fourth-order valence-electron chi connectivity index (χ4n) is 2.86. The van der Waals surface area contributed by atoms with E-state index in [9.17, 15) is 0 Å². The van der Waals surface area contributed by atoms with Crippen LogP contribution < -0.4 is 9.47 Å². The largest absolute Gasteiger partial charge is 0.486 e. The van der Waals surface area contributed by atoms with Crippen LogP contribution in [-0.2, 0) is 0 Å². The number of aromatic nitrogens is 2. The molecule has 0 saturated carbocycles. The molecule has 0 bridgehead atoms. The number of H-pyrrole nitrogens is 1. The van der Waals surface area contributed by atoms with Crippen LogP contribution >= 0.6 is 0 Å². The second kappa shape index (κ2) is 4.52. The quantitative estimate of drug-likeness (QED) is 0.740. The zero-order valence-electron chi connectivity index (χ0n) is 12.1. The van der Waals surface area contributed by atoms with Crippen molar-refractivity contribution < 1.29 is 9.47 Å². The number of hydrogen-bond acceptors (Lipinski definition) is 3. The van der Waals surface area contributed by atoms with Gasteiger partial charge in [-0.25, -0.2) is 4.98 Å². The van der Waals surface area contributed by atoms with Crippen molar-refractivity contribution in [3.8, 4) is 22.9 Å². The van der Waals surface area contributed by atoms with E-state index >= 15 is 0 Å². The lowest BCUT2D eigenvalue weighted by Gasteiger charge is -2.20. The van der Waals surface area contributed by atoms with Crippen molar-refractivity contribution in [2.24, 2.45) is 0 Å². The first kappa shape index (κ1) is 12.3. The summed E-state index contributed by atoms with van der Waals surface area (Å²) in [5.41, 5.74) is 5.40. The lowest BCUT2D eigenvalue weighted by Crippen LogP contribution is -2.15. The zero-order chi connectivity index (χ0) is 14.4. The van der Waals surface area contributed by atoms with Crippen molar-refractivity contribution in [2.75, 3.05) is 13.2 Å². The number of benzene rings is 2. The minimum Gasteiger partial charge on any atom is -0.486 e. The molecule has 0 unspecified atom stereocenters. The van der Waals surface area contributed by atoms with E-state index in [1.165, 1.54) is 11.1 Å². The summed E-state index contributed by atoms with van der Waals surface area (Å²) in [7, 11) is 0. The number of aryl methyl sites for hydroxylation is 2. The van der Waals surface area contributed by atoms with Gasteiger partial charge in [-0.15, -0.1) is 0 Å². The molecule has 0 saturated heterocycles. The second-order valence-electron chi connectivity index (χ2n) is 5.39. The maximum absolute atomic E-state index is 5.77. The number of fused-ring (bicyclic) bond motifs is 2. The topological polar surface area (TPSA) is 47.1 Å². The zero-order valence-corrected chi connectivity index (χ0v) is 12.1. The molecule has 4 nitrogen and oxygen atoms in total. The summed E-state index contributed by atoms with van der Waals surface area (Å²) in [5, 5.41) is 0. The molecule has 0 fully saturated rings. The van der Waals surface area contributed by atoms with Crippen molar-refractivity contribution in [1.29, 1.82) is 0 Å². The molecule has 1 aliphatic rings. The van der Waals surface area contributed by atoms with Gasteiger partial charge in [-0.1, -0.05) is 12.1 Å². The van der Waals surface area contributed by atoms with E-state index in [0.717, 1.165) is 33.9 Å². The highest BCUT2D eigenvalue weighted by molar-refractivity contribution is 5.84. The molecule has 4 heteroatoms. The fourth-order valence-corrected chi connectivity index (χ4v) is 2.86. The Morgan fingerprint density at radius 2 is 1.95 bits per heavy atom. The van der Waals surface area contributed by atoms with Crippen LogP contribution in [0.25, 0.3) is 22.4 Å². The number of hydrogen-bond donors (Lipinski definition) is 1. The van der Waals surface area contributed by atoms with E-state index in [2.05, 4.69) is 31.0 Å². The molecular formula is C17H16N2O2. The summed E-state index contributed by atoms with van der Waals surface area (Å²) in [6, 6.07) is 10.2. The van der Waals surface area contributed by atoms with Gasteiger partial charge in [-0.05, 0) is 43.2 Å². The average Bonchev–Trinajstić information content (AvgIpc) is 2.90. The minimum absolute atomic E-state index is 0.572. The standard InChI is InChI=1S/C17H16N2O2/c1-10-8-11(2)15-13(9-10)18-17(19-15)12-4-3-5-14-16(12)21-7-6-20-14/h3-5,8-9H,6-7H2,1-2H3,(H,18,19). The van der Waals surface area contributed by atoms with Gasteiger partial charge in [0.1, 0.15) is 19.0 Å². The number of aromatic amines is 1. The third-order valence-corrected chi connectivity index (χ3v) is 3.74. The van der Waals surface area contributed by atoms with Gasteiger partial charge in [0, 0.05) is 0 Å². The Bertz CT molecular complexity index is 836. The molecule has 0 atom stereocenters. The molecule has 0 radical (unpaired) electrons. The van der Waals surface area contributed by atoms with Crippen molar-refractivity contribution in [1.82, 2.24) is 9.97 Å². The van der Waals surface area contributed by atoms with Gasteiger partial charge in [0.15, 0.2) is 11.5 Å². The van der Waals surface area contributed by atoms with Gasteiger partial charge in [0.05, 0.1) is 16.6 Å². The Labute approximate surface area is 122 Å². The third kappa shape index (κ3) is 1.95. The van der Waals surface area contributed by atoms with Crippen LogP contribution in [-0.4, -0.2) is 23.2 Å². The highest BCUT2D eigenvalue weighted by Crippen LogP contribution is 2.39. The van der Waals surface area contributed by atoms with Crippen LogP contribution in [0.5, 0.6) is 11.5 Å². The predicted octanol–water partition coefficient (Wildman–Crippen LogP) is 3.62. The van der Waals surface area contributed by atoms with Gasteiger partial charge >= 0.3 is 0 Å². The summed E-state index contributed by atoms with van der Waals surface area (Å²) in [4.78, 5) is 8.14. The summed E-state index contributed by atoms with van der Waals surface area (Å²) in [5.74, 6) is 2.38. The molecule has 4 rings (SSSR count). The average molecular weight is 280 g/mol. The van der Waals surface area contributed by atoms with E-state index in [-0.39, 0.29) is 0 Å². The molecule has 1 N–H and O–H groups in total. The molecule has 106 valence electrons. The maximum atomic E-state index is 5.77. The lowest BCUT2D eigenvalue weighted by molar-refractivity contribution is 0.172. The summed E-state index contributed by atoms with van der Waals surface area (Å²) in [6.07, 6.45) is 0. The van der Waals surface area contributed by atoms with E-state index in [0.29, 0.717) is 13.2 Å². The first-order valence-electron chi connectivity index (χ1n) is 7.08. The molecule has 0 amide bonds. The first-order chi connectivity index (χ1) is 10.2. The van der Waals surface area contributed by atoms with Gasteiger partial charge < -0.3 is 14.5 Å². The Morgan fingerprint density at radius 1 is 1.10 bits per heavy atom. The van der Waals surface area contributed by atoms with Crippen LogP contribution in [0.1, 0.15) is 11.1 Å². The number of nitrogens with one attached hydrogen (secondary N) is 1. The summed E-state index contributed by atoms with van der Waals surface area (Å²) in [6.45, 7) is 5.34. The van der Waals surface area contributed by atoms with Gasteiger partial charge in [-0.2, -0.15) is 0 Å². The minimum atomic E-state index is 0.572. The van der Waals surface area contributed by atoms with Crippen LogP contribution in [0.15, 0.2) is 30.3 Å². The van der Waals surface area contributed by atoms with E-state index in [1.807, 2.05) is 18.2 Å². The molecule has 1 aromatic heterocycles. The summed E-state index contributed by atoms with van der Waals surface area (Å²) < 4.78 is 11.4. The van der Waals surface area contributed by atoms with Crippen LogP contribution in [0.2, 0.25) is 0 Å². The molecule has 1 aliphatic heterocycles. The van der Waals surface area contributed by atoms with Gasteiger partial charge in [-0.3, -0.25) is 0 Å². The first-order valence-corrected chi connectivity index (χ1v) is 7.08. The van der Waals surface area contributed by atoms with Crippen molar-refractivity contribution in [3.63, 3.8) is 0 Å². The number of ether oxygens (including phenoxy) is 2. The van der Waals surface area contributed by atoms with Crippen LogP contribution in [0.4, 0.5) is 0 Å². The van der Waals surface area contributed by atoms with E-state index in [1.54, 1.807) is 0 Å². The normalized spacial score (nSPS) is 13.6.